The first-order valence-corrected chi connectivity index (χ1v) is 7.08. The first-order valence-electron chi connectivity index (χ1n) is 6.29. The Kier molecular flexibility index (Phi) is 3.29. The highest BCUT2D eigenvalue weighted by Crippen LogP contribution is 2.48. The second-order valence-corrected chi connectivity index (χ2v) is 5.50. The molecule has 0 aliphatic heterocycles. The van der Waals surface area contributed by atoms with Gasteiger partial charge >= 0.3 is 5.97 Å². The van der Waals surface area contributed by atoms with Crippen LogP contribution >= 0.6 is 15.9 Å². The van der Waals surface area contributed by atoms with Crippen LogP contribution in [0.1, 0.15) is 25.7 Å². The van der Waals surface area contributed by atoms with Gasteiger partial charge in [-0.3, -0.25) is 9.78 Å². The molecular formula is C13H12BrN3O3. The molecule has 1 aliphatic carbocycles. The van der Waals surface area contributed by atoms with Crippen LogP contribution in [0, 0.1) is 0 Å². The molecule has 6 nitrogen and oxygen atoms in total. The van der Waals surface area contributed by atoms with Crippen LogP contribution in [0.2, 0.25) is 0 Å². The van der Waals surface area contributed by atoms with Crippen molar-refractivity contribution in [2.75, 3.05) is 6.61 Å². The predicted molar refractivity (Wildman–Crippen MR) is 72.8 cm³/mol. The lowest BCUT2D eigenvalue weighted by Gasteiger charge is -2.07. The number of nitrogens with zero attached hydrogens (tertiary/aromatic N) is 3. The highest BCUT2D eigenvalue weighted by atomic mass is 79.9. The van der Waals surface area contributed by atoms with Crippen LogP contribution in [0.25, 0.3) is 11.5 Å². The summed E-state index contributed by atoms with van der Waals surface area (Å²) in [6.45, 7) is 2.12. The van der Waals surface area contributed by atoms with E-state index in [-0.39, 0.29) is 5.97 Å². The van der Waals surface area contributed by atoms with Gasteiger partial charge in [-0.05, 0) is 47.8 Å². The molecule has 1 saturated carbocycles. The van der Waals surface area contributed by atoms with E-state index in [1.54, 1.807) is 19.2 Å². The van der Waals surface area contributed by atoms with Crippen LogP contribution in [0.5, 0.6) is 0 Å². The van der Waals surface area contributed by atoms with Gasteiger partial charge in [-0.25, -0.2) is 0 Å². The zero-order chi connectivity index (χ0) is 14.2. The number of hydrogen-bond donors (Lipinski definition) is 0. The van der Waals surface area contributed by atoms with Gasteiger partial charge in [0.05, 0.1) is 6.61 Å². The largest absolute Gasteiger partial charge is 0.465 e. The highest BCUT2D eigenvalue weighted by Gasteiger charge is 2.57. The maximum Gasteiger partial charge on any atom is 0.321 e. The summed E-state index contributed by atoms with van der Waals surface area (Å²) in [6, 6.07) is 3.62. The molecule has 2 aromatic rings. The fraction of sp³-hybridized carbons (Fsp3) is 0.385. The normalized spacial score (nSPS) is 15.9. The molecule has 0 atom stereocenters. The first-order chi connectivity index (χ1) is 9.65. The molecule has 0 unspecified atom stereocenters. The average Bonchev–Trinajstić information content (AvgIpc) is 3.12. The first kappa shape index (κ1) is 13.2. The number of ether oxygens (including phenoxy) is 1. The maximum absolute atomic E-state index is 11.9. The molecule has 0 spiro atoms. The van der Waals surface area contributed by atoms with E-state index in [9.17, 15) is 4.79 Å². The average molecular weight is 338 g/mol. The van der Waals surface area contributed by atoms with Crippen molar-refractivity contribution in [3.05, 3.63) is 28.7 Å². The van der Waals surface area contributed by atoms with Crippen molar-refractivity contribution in [1.82, 2.24) is 15.1 Å². The van der Waals surface area contributed by atoms with E-state index in [1.807, 2.05) is 6.07 Å². The Morgan fingerprint density at radius 2 is 2.30 bits per heavy atom. The molecule has 1 aliphatic rings. The third-order valence-electron chi connectivity index (χ3n) is 3.21. The van der Waals surface area contributed by atoms with Crippen molar-refractivity contribution in [2.24, 2.45) is 0 Å². The SMILES string of the molecule is CCOC(=O)C1(c2nc(-c3ccc(Br)cn3)no2)CC1. The number of carbonyl (C=O) groups is 1. The standard InChI is InChI=1S/C13H12BrN3O3/c1-2-19-12(18)13(5-6-13)11-16-10(17-20-11)9-4-3-8(14)7-15-9/h3-4,7H,2,5-6H2,1H3. The summed E-state index contributed by atoms with van der Waals surface area (Å²) in [6.07, 6.45) is 3.02. The summed E-state index contributed by atoms with van der Waals surface area (Å²) in [5.41, 5.74) is -0.140. The van der Waals surface area contributed by atoms with Crippen LogP contribution in [-0.2, 0) is 14.9 Å². The second kappa shape index (κ2) is 4.97. The second-order valence-electron chi connectivity index (χ2n) is 4.59. The fourth-order valence-corrected chi connectivity index (χ4v) is 2.16. The molecule has 104 valence electrons. The van der Waals surface area contributed by atoms with E-state index >= 15 is 0 Å². The number of esters is 1. The highest BCUT2D eigenvalue weighted by molar-refractivity contribution is 9.10. The van der Waals surface area contributed by atoms with E-state index in [0.717, 1.165) is 4.47 Å². The van der Waals surface area contributed by atoms with Crippen molar-refractivity contribution >= 4 is 21.9 Å². The van der Waals surface area contributed by atoms with Crippen molar-refractivity contribution in [2.45, 2.75) is 25.2 Å². The lowest BCUT2D eigenvalue weighted by Crippen LogP contribution is -2.23. The Balaban J connectivity index is 1.87. The lowest BCUT2D eigenvalue weighted by molar-refractivity contribution is -0.146. The molecule has 20 heavy (non-hydrogen) atoms. The van der Waals surface area contributed by atoms with Gasteiger partial charge in [0.25, 0.3) is 0 Å². The fourth-order valence-electron chi connectivity index (χ4n) is 1.93. The molecule has 0 amide bonds. The van der Waals surface area contributed by atoms with Crippen molar-refractivity contribution in [3.8, 4) is 11.5 Å². The third-order valence-corrected chi connectivity index (χ3v) is 3.68. The smallest absolute Gasteiger partial charge is 0.321 e. The molecule has 1 fully saturated rings. The Hall–Kier alpha value is -1.76. The van der Waals surface area contributed by atoms with Gasteiger partial charge in [0.1, 0.15) is 11.1 Å². The summed E-state index contributed by atoms with van der Waals surface area (Å²) < 4.78 is 11.2. The molecular weight excluding hydrogens is 326 g/mol. The summed E-state index contributed by atoms with van der Waals surface area (Å²) >= 11 is 3.31. The number of rotatable bonds is 4. The number of hydrogen-bond acceptors (Lipinski definition) is 6. The minimum atomic E-state index is -0.739. The van der Waals surface area contributed by atoms with Gasteiger partial charge in [0.15, 0.2) is 0 Å². The summed E-state index contributed by atoms with van der Waals surface area (Å²) in [4.78, 5) is 20.4. The van der Waals surface area contributed by atoms with Gasteiger partial charge in [-0.1, -0.05) is 5.16 Å². The summed E-state index contributed by atoms with van der Waals surface area (Å²) in [5.74, 6) is 0.401. The Labute approximate surface area is 123 Å². The third kappa shape index (κ3) is 2.22. The molecule has 2 aromatic heterocycles. The van der Waals surface area contributed by atoms with E-state index < -0.39 is 5.41 Å². The minimum Gasteiger partial charge on any atom is -0.465 e. The molecule has 0 bridgehead atoms. The van der Waals surface area contributed by atoms with Crippen molar-refractivity contribution in [1.29, 1.82) is 0 Å². The van der Waals surface area contributed by atoms with E-state index in [0.29, 0.717) is 36.9 Å². The lowest BCUT2D eigenvalue weighted by atomic mass is 10.1. The quantitative estimate of drug-likeness (QED) is 0.797. The maximum atomic E-state index is 11.9. The number of pyridine rings is 1. The molecule has 3 rings (SSSR count). The summed E-state index contributed by atoms with van der Waals surface area (Å²) in [5, 5.41) is 3.89. The van der Waals surface area contributed by atoms with Gasteiger partial charge < -0.3 is 9.26 Å². The Bertz CT molecular complexity index is 635. The van der Waals surface area contributed by atoms with Gasteiger partial charge in [0.2, 0.25) is 11.7 Å². The van der Waals surface area contributed by atoms with Crippen LogP contribution < -0.4 is 0 Å². The number of aromatic nitrogens is 3. The van der Waals surface area contributed by atoms with Crippen LogP contribution in [0.15, 0.2) is 27.3 Å². The van der Waals surface area contributed by atoms with Crippen molar-refractivity contribution < 1.29 is 14.1 Å². The molecule has 0 N–H and O–H groups in total. The van der Waals surface area contributed by atoms with Gasteiger partial charge in [-0.2, -0.15) is 4.98 Å². The zero-order valence-corrected chi connectivity index (χ0v) is 12.4. The van der Waals surface area contributed by atoms with E-state index in [1.165, 1.54) is 0 Å². The predicted octanol–water partition coefficient (Wildman–Crippen LogP) is 2.49. The molecule has 0 radical (unpaired) electrons. The Morgan fingerprint density at radius 1 is 1.50 bits per heavy atom. The molecule has 2 heterocycles. The topological polar surface area (TPSA) is 78.1 Å². The minimum absolute atomic E-state index is 0.293. The van der Waals surface area contributed by atoms with Crippen LogP contribution in [-0.4, -0.2) is 27.7 Å². The molecule has 0 aromatic carbocycles. The Morgan fingerprint density at radius 3 is 2.90 bits per heavy atom. The monoisotopic (exact) mass is 337 g/mol. The van der Waals surface area contributed by atoms with E-state index in [4.69, 9.17) is 9.26 Å². The molecule has 0 saturated heterocycles. The number of carbonyl (C=O) groups excluding carboxylic acids is 1. The van der Waals surface area contributed by atoms with Crippen molar-refractivity contribution in [3.63, 3.8) is 0 Å². The molecule has 7 heteroatoms. The van der Waals surface area contributed by atoms with Gasteiger partial charge in [0, 0.05) is 10.7 Å². The number of halogens is 1. The zero-order valence-electron chi connectivity index (χ0n) is 10.8. The summed E-state index contributed by atoms with van der Waals surface area (Å²) in [7, 11) is 0. The van der Waals surface area contributed by atoms with E-state index in [2.05, 4.69) is 31.1 Å². The van der Waals surface area contributed by atoms with Crippen LogP contribution in [0.4, 0.5) is 0 Å². The van der Waals surface area contributed by atoms with Crippen LogP contribution in [0.3, 0.4) is 0 Å². The van der Waals surface area contributed by atoms with Gasteiger partial charge in [-0.15, -0.1) is 0 Å².